The first kappa shape index (κ1) is 19.7. The fraction of sp³-hybridized carbons (Fsp3) is 0.0870. The van der Waals surface area contributed by atoms with Gasteiger partial charge in [-0.2, -0.15) is 0 Å². The summed E-state index contributed by atoms with van der Waals surface area (Å²) in [5.74, 6) is 0.934. The Balaban J connectivity index is 1.35. The van der Waals surface area contributed by atoms with Crippen LogP contribution in [0.25, 0.3) is 5.69 Å². The summed E-state index contributed by atoms with van der Waals surface area (Å²) in [4.78, 5) is 12.2. The van der Waals surface area contributed by atoms with E-state index in [0.29, 0.717) is 11.8 Å². The number of nitrogens with one attached hydrogen (secondary N) is 1. The van der Waals surface area contributed by atoms with Gasteiger partial charge >= 0.3 is 0 Å². The first-order valence-electron chi connectivity index (χ1n) is 9.43. The van der Waals surface area contributed by atoms with Gasteiger partial charge in [-0.1, -0.05) is 60.3 Å². The van der Waals surface area contributed by atoms with Crippen molar-refractivity contribution in [1.82, 2.24) is 14.8 Å². The third-order valence-electron chi connectivity index (χ3n) is 4.27. The van der Waals surface area contributed by atoms with E-state index in [9.17, 15) is 4.79 Å². The van der Waals surface area contributed by atoms with Gasteiger partial charge in [0.25, 0.3) is 0 Å². The molecule has 6 nitrogen and oxygen atoms in total. The zero-order valence-corrected chi connectivity index (χ0v) is 17.0. The van der Waals surface area contributed by atoms with Crippen LogP contribution in [0.15, 0.2) is 96.4 Å². The summed E-state index contributed by atoms with van der Waals surface area (Å²) >= 11 is 1.33. The zero-order chi connectivity index (χ0) is 20.6. The molecule has 1 amide bonds. The molecule has 0 saturated heterocycles. The molecule has 0 fully saturated rings. The summed E-state index contributed by atoms with van der Waals surface area (Å²) in [6.45, 7) is 0.518. The van der Waals surface area contributed by atoms with Crippen LogP contribution in [0.2, 0.25) is 0 Å². The quantitative estimate of drug-likeness (QED) is 0.426. The normalized spacial score (nSPS) is 10.5. The van der Waals surface area contributed by atoms with E-state index in [-0.39, 0.29) is 11.7 Å². The molecule has 0 atom stereocenters. The highest BCUT2D eigenvalue weighted by molar-refractivity contribution is 7.99. The van der Waals surface area contributed by atoms with Crippen molar-refractivity contribution in [2.24, 2.45) is 0 Å². The van der Waals surface area contributed by atoms with E-state index in [1.807, 2.05) is 89.5 Å². The van der Waals surface area contributed by atoms with E-state index in [2.05, 4.69) is 15.5 Å². The number of carbonyl (C=O) groups excluding carboxylic acids is 1. The predicted molar refractivity (Wildman–Crippen MR) is 118 cm³/mol. The fourth-order valence-corrected chi connectivity index (χ4v) is 3.52. The third kappa shape index (κ3) is 5.27. The van der Waals surface area contributed by atoms with E-state index >= 15 is 0 Å². The number of amides is 1. The van der Waals surface area contributed by atoms with Gasteiger partial charge in [0, 0.05) is 11.4 Å². The van der Waals surface area contributed by atoms with Crippen LogP contribution in [0.4, 0.5) is 5.69 Å². The molecule has 1 heterocycles. The Morgan fingerprint density at radius 1 is 0.933 bits per heavy atom. The molecule has 150 valence electrons. The molecule has 0 unspecified atom stereocenters. The predicted octanol–water partition coefficient (Wildman–Crippen LogP) is 4.58. The molecule has 0 saturated carbocycles. The molecule has 0 aliphatic rings. The highest BCUT2D eigenvalue weighted by atomic mass is 32.2. The Morgan fingerprint density at radius 3 is 2.37 bits per heavy atom. The maximum absolute atomic E-state index is 12.2. The molecule has 4 aromatic rings. The van der Waals surface area contributed by atoms with Crippen LogP contribution >= 0.6 is 11.8 Å². The van der Waals surface area contributed by atoms with Gasteiger partial charge in [0.15, 0.2) is 5.16 Å². The number of hydrogen-bond acceptors (Lipinski definition) is 5. The van der Waals surface area contributed by atoms with Crippen LogP contribution in [0.5, 0.6) is 5.75 Å². The molecular formula is C23H20N4O2S. The lowest BCUT2D eigenvalue weighted by molar-refractivity contribution is -0.113. The van der Waals surface area contributed by atoms with Gasteiger partial charge in [0.05, 0.1) is 5.75 Å². The van der Waals surface area contributed by atoms with Gasteiger partial charge in [-0.05, 0) is 42.0 Å². The summed E-state index contributed by atoms with van der Waals surface area (Å²) in [6, 6.07) is 27.1. The largest absolute Gasteiger partial charge is 0.489 e. The Hall–Kier alpha value is -3.58. The summed E-state index contributed by atoms with van der Waals surface area (Å²) in [6.07, 6.45) is 1.64. The van der Waals surface area contributed by atoms with Crippen molar-refractivity contribution in [3.63, 3.8) is 0 Å². The summed E-state index contributed by atoms with van der Waals surface area (Å²) in [7, 11) is 0. The lowest BCUT2D eigenvalue weighted by Gasteiger charge is -2.09. The van der Waals surface area contributed by atoms with Gasteiger partial charge in [-0.25, -0.2) is 0 Å². The number of ether oxygens (including phenoxy) is 1. The van der Waals surface area contributed by atoms with Crippen LogP contribution in [-0.4, -0.2) is 26.4 Å². The minimum absolute atomic E-state index is 0.0922. The van der Waals surface area contributed by atoms with Crippen molar-refractivity contribution in [3.8, 4) is 11.4 Å². The summed E-state index contributed by atoms with van der Waals surface area (Å²) in [5, 5.41) is 11.6. The van der Waals surface area contributed by atoms with E-state index < -0.39 is 0 Å². The standard InChI is InChI=1S/C23H20N4O2S/c28-22(25-19-9-5-2-6-10-19)16-30-23-26-24-17-27(23)20-11-13-21(14-12-20)29-15-18-7-3-1-4-8-18/h1-14,17H,15-16H2,(H,25,28). The average Bonchev–Trinajstić information content (AvgIpc) is 3.27. The lowest BCUT2D eigenvalue weighted by atomic mass is 10.2. The van der Waals surface area contributed by atoms with Crippen LogP contribution in [0.1, 0.15) is 5.56 Å². The number of benzene rings is 3. The Morgan fingerprint density at radius 2 is 1.63 bits per heavy atom. The number of carbonyl (C=O) groups is 1. The Labute approximate surface area is 178 Å². The average molecular weight is 417 g/mol. The van der Waals surface area contributed by atoms with Crippen molar-refractivity contribution < 1.29 is 9.53 Å². The van der Waals surface area contributed by atoms with Gasteiger partial charge < -0.3 is 10.1 Å². The first-order chi connectivity index (χ1) is 14.8. The monoisotopic (exact) mass is 416 g/mol. The van der Waals surface area contributed by atoms with Crippen LogP contribution in [-0.2, 0) is 11.4 Å². The van der Waals surface area contributed by atoms with E-state index in [1.165, 1.54) is 11.8 Å². The van der Waals surface area contributed by atoms with Crippen molar-refractivity contribution in [2.75, 3.05) is 11.1 Å². The van der Waals surface area contributed by atoms with Gasteiger partial charge in [0.1, 0.15) is 18.7 Å². The minimum Gasteiger partial charge on any atom is -0.489 e. The molecule has 30 heavy (non-hydrogen) atoms. The van der Waals surface area contributed by atoms with E-state index in [1.54, 1.807) is 6.33 Å². The number of rotatable bonds is 8. The van der Waals surface area contributed by atoms with Crippen molar-refractivity contribution in [2.45, 2.75) is 11.8 Å². The van der Waals surface area contributed by atoms with Crippen LogP contribution < -0.4 is 10.1 Å². The molecule has 1 N–H and O–H groups in total. The maximum atomic E-state index is 12.2. The zero-order valence-electron chi connectivity index (χ0n) is 16.1. The lowest BCUT2D eigenvalue weighted by Crippen LogP contribution is -2.14. The summed E-state index contributed by atoms with van der Waals surface area (Å²) in [5.41, 5.74) is 2.79. The molecule has 0 spiro atoms. The van der Waals surface area contributed by atoms with E-state index in [4.69, 9.17) is 4.74 Å². The molecule has 0 aliphatic carbocycles. The molecule has 0 aliphatic heterocycles. The molecular weight excluding hydrogens is 396 g/mol. The number of nitrogens with zero attached hydrogens (tertiary/aromatic N) is 3. The SMILES string of the molecule is O=C(CSc1nncn1-c1ccc(OCc2ccccc2)cc1)Nc1ccccc1. The molecule has 3 aromatic carbocycles. The molecule has 1 aromatic heterocycles. The van der Waals surface area contributed by atoms with Gasteiger partial charge in [-0.3, -0.25) is 9.36 Å². The molecule has 4 rings (SSSR count). The topological polar surface area (TPSA) is 69.0 Å². The first-order valence-corrected chi connectivity index (χ1v) is 10.4. The van der Waals surface area contributed by atoms with Crippen molar-refractivity contribution in [3.05, 3.63) is 96.8 Å². The van der Waals surface area contributed by atoms with Gasteiger partial charge in [-0.15, -0.1) is 10.2 Å². The second-order valence-corrected chi connectivity index (χ2v) is 7.40. The summed E-state index contributed by atoms with van der Waals surface area (Å²) < 4.78 is 7.68. The molecule has 0 radical (unpaired) electrons. The number of thioether (sulfide) groups is 1. The van der Waals surface area contributed by atoms with Gasteiger partial charge in [0.2, 0.25) is 5.91 Å². The number of aromatic nitrogens is 3. The van der Waals surface area contributed by atoms with Crippen LogP contribution in [0, 0.1) is 0 Å². The maximum Gasteiger partial charge on any atom is 0.234 e. The van der Waals surface area contributed by atoms with Crippen LogP contribution in [0.3, 0.4) is 0 Å². The molecule has 7 heteroatoms. The second kappa shape index (κ2) is 9.76. The molecule has 0 bridgehead atoms. The minimum atomic E-state index is -0.0922. The van der Waals surface area contributed by atoms with E-state index in [0.717, 1.165) is 22.7 Å². The number of hydrogen-bond donors (Lipinski definition) is 1. The Kier molecular flexibility index (Phi) is 6.41. The Bertz CT molecular complexity index is 1080. The highest BCUT2D eigenvalue weighted by Crippen LogP contribution is 2.22. The smallest absolute Gasteiger partial charge is 0.234 e. The number of para-hydroxylation sites is 1. The fourth-order valence-electron chi connectivity index (χ4n) is 2.79. The second-order valence-electron chi connectivity index (χ2n) is 6.45. The number of anilines is 1. The third-order valence-corrected chi connectivity index (χ3v) is 5.21. The van der Waals surface area contributed by atoms with Crippen molar-refractivity contribution >= 4 is 23.4 Å². The van der Waals surface area contributed by atoms with Crippen molar-refractivity contribution in [1.29, 1.82) is 0 Å². The highest BCUT2D eigenvalue weighted by Gasteiger charge is 2.10.